The van der Waals surface area contributed by atoms with Gasteiger partial charge in [0.2, 0.25) is 0 Å². The van der Waals surface area contributed by atoms with Crippen molar-refractivity contribution < 1.29 is 18.3 Å². The van der Waals surface area contributed by atoms with Gasteiger partial charge in [0.05, 0.1) is 30.5 Å². The average Bonchev–Trinajstić information content (AvgIpc) is 3.31. The van der Waals surface area contributed by atoms with Crippen LogP contribution in [0.5, 0.6) is 0 Å². The maximum atomic E-state index is 14.0. The predicted octanol–water partition coefficient (Wildman–Crippen LogP) is 3.43. The molecule has 0 amide bonds. The first kappa shape index (κ1) is 19.7. The molecule has 0 atom stereocenters. The first-order valence-corrected chi connectivity index (χ1v) is 9.68. The van der Waals surface area contributed by atoms with Crippen molar-refractivity contribution in [3.05, 3.63) is 71.6 Å². The monoisotopic (exact) mass is 434 g/mol. The van der Waals surface area contributed by atoms with Gasteiger partial charge in [0, 0.05) is 0 Å². The lowest BCUT2D eigenvalue weighted by Crippen LogP contribution is -2.06. The van der Waals surface area contributed by atoms with Gasteiger partial charge >= 0.3 is 5.97 Å². The average molecular weight is 434 g/mol. The number of aromatic nitrogens is 6. The highest BCUT2D eigenvalue weighted by Crippen LogP contribution is 2.30. The van der Waals surface area contributed by atoms with Crippen molar-refractivity contribution in [2.45, 2.75) is 13.3 Å². The molecule has 5 aromatic rings. The molecule has 0 saturated carbocycles. The molecule has 0 radical (unpaired) electrons. The van der Waals surface area contributed by atoms with Gasteiger partial charge in [-0.1, -0.05) is 18.2 Å². The fourth-order valence-electron chi connectivity index (χ4n) is 3.66. The fourth-order valence-corrected chi connectivity index (χ4v) is 3.66. The molecule has 0 aliphatic heterocycles. The van der Waals surface area contributed by atoms with E-state index in [1.54, 1.807) is 35.7 Å². The molecule has 0 aliphatic rings. The van der Waals surface area contributed by atoms with Gasteiger partial charge in [-0.05, 0) is 42.8 Å². The number of esters is 1. The van der Waals surface area contributed by atoms with E-state index in [4.69, 9.17) is 4.74 Å². The Labute approximate surface area is 180 Å². The minimum atomic E-state index is -0.499. The Morgan fingerprint density at radius 3 is 2.53 bits per heavy atom. The molecule has 0 aliphatic carbocycles. The van der Waals surface area contributed by atoms with Gasteiger partial charge in [-0.25, -0.2) is 13.5 Å². The highest BCUT2D eigenvalue weighted by molar-refractivity contribution is 5.86. The SMILES string of the molecule is COC(=O)Cc1nn(-c2cccc(F)c2)c2c1nnc1c(-c3ccc(F)cc3)c(C)nn12. The number of halogens is 2. The molecule has 8 nitrogen and oxygen atoms in total. The normalized spacial score (nSPS) is 11.4. The Balaban J connectivity index is 1.83. The van der Waals surface area contributed by atoms with Crippen LogP contribution in [-0.2, 0) is 16.0 Å². The first-order chi connectivity index (χ1) is 15.5. The number of carbonyl (C=O) groups is 1. The van der Waals surface area contributed by atoms with Gasteiger partial charge in [0.25, 0.3) is 0 Å². The fraction of sp³-hybridized carbons (Fsp3) is 0.136. The van der Waals surface area contributed by atoms with E-state index in [0.717, 1.165) is 5.56 Å². The Morgan fingerprint density at radius 1 is 1.03 bits per heavy atom. The molecule has 0 saturated heterocycles. The first-order valence-electron chi connectivity index (χ1n) is 9.68. The lowest BCUT2D eigenvalue weighted by molar-refractivity contribution is -0.139. The number of methoxy groups -OCH3 is 1. The van der Waals surface area contributed by atoms with Crippen LogP contribution < -0.4 is 0 Å². The summed E-state index contributed by atoms with van der Waals surface area (Å²) in [7, 11) is 1.28. The third kappa shape index (κ3) is 3.16. The van der Waals surface area contributed by atoms with Gasteiger partial charge in [-0.2, -0.15) is 14.7 Å². The second-order valence-electron chi connectivity index (χ2n) is 7.17. The standard InChI is InChI=1S/C22H16F2N6O2/c1-12-19(13-6-8-14(23)9-7-13)21-26-25-20-17(11-18(31)32-2)28-29(22(20)30(21)27-12)16-5-3-4-15(24)10-16/h3-10H,11H2,1-2H3. The van der Waals surface area contributed by atoms with Crippen molar-refractivity contribution in [1.29, 1.82) is 0 Å². The van der Waals surface area contributed by atoms with Gasteiger partial charge < -0.3 is 4.74 Å². The summed E-state index contributed by atoms with van der Waals surface area (Å²) in [5.74, 6) is -1.29. The van der Waals surface area contributed by atoms with Gasteiger partial charge in [0.1, 0.15) is 17.3 Å². The zero-order valence-electron chi connectivity index (χ0n) is 17.1. The van der Waals surface area contributed by atoms with Crippen LogP contribution in [0.25, 0.3) is 33.6 Å². The Morgan fingerprint density at radius 2 is 1.81 bits per heavy atom. The minimum Gasteiger partial charge on any atom is -0.469 e. The molecule has 5 rings (SSSR count). The van der Waals surface area contributed by atoms with Crippen LogP contribution in [-0.4, -0.2) is 42.7 Å². The predicted molar refractivity (Wildman–Crippen MR) is 111 cm³/mol. The molecule has 0 fully saturated rings. The van der Waals surface area contributed by atoms with E-state index in [1.807, 2.05) is 0 Å². The van der Waals surface area contributed by atoms with Crippen molar-refractivity contribution in [1.82, 2.24) is 29.6 Å². The van der Waals surface area contributed by atoms with Gasteiger partial charge in [-0.3, -0.25) is 4.79 Å². The molecule has 0 N–H and O–H groups in total. The number of rotatable bonds is 4. The molecule has 3 aromatic heterocycles. The number of carbonyl (C=O) groups excluding carboxylic acids is 1. The van der Waals surface area contributed by atoms with Crippen LogP contribution in [0.15, 0.2) is 48.5 Å². The summed E-state index contributed by atoms with van der Waals surface area (Å²) in [6.07, 6.45) is -0.138. The van der Waals surface area contributed by atoms with Crippen LogP contribution in [0.1, 0.15) is 11.4 Å². The summed E-state index contributed by atoms with van der Waals surface area (Å²) in [5, 5.41) is 17.7. The topological polar surface area (TPSA) is 87.2 Å². The van der Waals surface area contributed by atoms with Crippen molar-refractivity contribution in [3.8, 4) is 16.8 Å². The Hall–Kier alpha value is -4.21. The maximum absolute atomic E-state index is 14.0. The third-order valence-electron chi connectivity index (χ3n) is 5.11. The van der Waals surface area contributed by atoms with Gasteiger partial charge in [0.15, 0.2) is 16.8 Å². The van der Waals surface area contributed by atoms with Crippen molar-refractivity contribution >= 4 is 22.8 Å². The van der Waals surface area contributed by atoms with E-state index in [-0.39, 0.29) is 12.2 Å². The van der Waals surface area contributed by atoms with Crippen LogP contribution >= 0.6 is 0 Å². The Kier molecular flexibility index (Phi) is 4.62. The molecule has 160 valence electrons. The molecule has 0 unspecified atom stereocenters. The van der Waals surface area contributed by atoms with E-state index in [0.29, 0.717) is 39.4 Å². The largest absolute Gasteiger partial charge is 0.469 e. The van der Waals surface area contributed by atoms with E-state index in [1.165, 1.54) is 36.1 Å². The van der Waals surface area contributed by atoms with Crippen molar-refractivity contribution in [3.63, 3.8) is 0 Å². The number of fused-ring (bicyclic) bond motifs is 3. The smallest absolute Gasteiger partial charge is 0.311 e. The van der Waals surface area contributed by atoms with Crippen LogP contribution in [0.4, 0.5) is 8.78 Å². The number of benzene rings is 2. The summed E-state index contributed by atoms with van der Waals surface area (Å²) in [6.45, 7) is 1.80. The quantitative estimate of drug-likeness (QED) is 0.403. The van der Waals surface area contributed by atoms with Crippen molar-refractivity contribution in [2.75, 3.05) is 7.11 Å². The summed E-state index contributed by atoms with van der Waals surface area (Å²) in [6, 6.07) is 11.9. The summed E-state index contributed by atoms with van der Waals surface area (Å²) in [5.41, 5.74) is 3.96. The highest BCUT2D eigenvalue weighted by Gasteiger charge is 2.23. The van der Waals surface area contributed by atoms with Gasteiger partial charge in [-0.15, -0.1) is 10.2 Å². The maximum Gasteiger partial charge on any atom is 0.311 e. The molecular formula is C22H16F2N6O2. The third-order valence-corrected chi connectivity index (χ3v) is 5.11. The van der Waals surface area contributed by atoms with Crippen LogP contribution in [0.2, 0.25) is 0 Å². The molecule has 2 aromatic carbocycles. The summed E-state index contributed by atoms with van der Waals surface area (Å²) >= 11 is 0. The van der Waals surface area contributed by atoms with Crippen LogP contribution in [0, 0.1) is 18.6 Å². The van der Waals surface area contributed by atoms with E-state index in [9.17, 15) is 13.6 Å². The molecule has 10 heteroatoms. The van der Waals surface area contributed by atoms with Crippen LogP contribution in [0.3, 0.4) is 0 Å². The number of nitrogens with zero attached hydrogens (tertiary/aromatic N) is 6. The Bertz CT molecular complexity index is 1490. The van der Waals surface area contributed by atoms with E-state index >= 15 is 0 Å². The summed E-state index contributed by atoms with van der Waals surface area (Å²) < 4.78 is 35.2. The second-order valence-corrected chi connectivity index (χ2v) is 7.17. The van der Waals surface area contributed by atoms with E-state index < -0.39 is 11.8 Å². The summed E-state index contributed by atoms with van der Waals surface area (Å²) in [4.78, 5) is 11.9. The number of hydrogen-bond acceptors (Lipinski definition) is 6. The highest BCUT2D eigenvalue weighted by atomic mass is 19.1. The van der Waals surface area contributed by atoms with Crippen molar-refractivity contribution in [2.24, 2.45) is 0 Å². The second kappa shape index (κ2) is 7.49. The molecule has 0 spiro atoms. The number of ether oxygens (including phenoxy) is 1. The molecule has 0 bridgehead atoms. The zero-order valence-corrected chi connectivity index (χ0v) is 17.1. The number of aryl methyl sites for hydroxylation is 1. The minimum absolute atomic E-state index is 0.138. The molecule has 3 heterocycles. The lowest BCUT2D eigenvalue weighted by Gasteiger charge is -2.04. The van der Waals surface area contributed by atoms with E-state index in [2.05, 4.69) is 20.4 Å². The molecule has 32 heavy (non-hydrogen) atoms. The number of hydrogen-bond donors (Lipinski definition) is 0. The lowest BCUT2D eigenvalue weighted by atomic mass is 10.1. The molecular weight excluding hydrogens is 418 g/mol. The zero-order chi connectivity index (χ0) is 22.4.